The van der Waals surface area contributed by atoms with Crippen molar-refractivity contribution in [2.24, 2.45) is 5.92 Å². The molecule has 0 aromatic rings. The molecule has 0 radical (unpaired) electrons. The van der Waals surface area contributed by atoms with Gasteiger partial charge < -0.3 is 5.11 Å². The number of rotatable bonds is 16. The first-order valence-corrected chi connectivity index (χ1v) is 9.38. The van der Waals surface area contributed by atoms with Crippen molar-refractivity contribution in [2.45, 2.75) is 110 Å². The molecular formula is C19H38O2. The van der Waals surface area contributed by atoms with Gasteiger partial charge in [-0.1, -0.05) is 97.3 Å². The summed E-state index contributed by atoms with van der Waals surface area (Å²) in [5.74, 6) is 0.268. The molecule has 0 heterocycles. The van der Waals surface area contributed by atoms with E-state index in [0.717, 1.165) is 18.8 Å². The molecule has 0 aliphatic heterocycles. The smallest absolute Gasteiger partial charge is 0.303 e. The predicted octanol–water partition coefficient (Wildman–Crippen LogP) is 6.58. The first-order valence-electron chi connectivity index (χ1n) is 9.38. The fourth-order valence-electron chi connectivity index (χ4n) is 2.89. The van der Waals surface area contributed by atoms with E-state index in [0.29, 0.717) is 6.42 Å². The van der Waals surface area contributed by atoms with Gasteiger partial charge in [0.15, 0.2) is 0 Å². The Morgan fingerprint density at radius 1 is 0.762 bits per heavy atom. The Balaban J connectivity index is 3.10. The maximum atomic E-state index is 10.4. The average Bonchev–Trinajstić information content (AvgIpc) is 2.44. The normalized spacial score (nSPS) is 12.5. The number of hydrogen-bond acceptors (Lipinski definition) is 1. The lowest BCUT2D eigenvalue weighted by Gasteiger charge is -2.10. The summed E-state index contributed by atoms with van der Waals surface area (Å²) in [6, 6.07) is 0. The molecule has 0 saturated heterocycles. The lowest BCUT2D eigenvalue weighted by molar-refractivity contribution is -0.137. The molecule has 0 aliphatic rings. The van der Waals surface area contributed by atoms with Crippen LogP contribution in [0, 0.1) is 5.92 Å². The van der Waals surface area contributed by atoms with Crippen molar-refractivity contribution >= 4 is 5.97 Å². The van der Waals surface area contributed by atoms with Crippen LogP contribution in [0.3, 0.4) is 0 Å². The van der Waals surface area contributed by atoms with Crippen LogP contribution < -0.4 is 0 Å². The van der Waals surface area contributed by atoms with E-state index in [1.165, 1.54) is 77.0 Å². The summed E-state index contributed by atoms with van der Waals surface area (Å²) in [6.07, 6.45) is 18.7. The molecule has 0 fully saturated rings. The second kappa shape index (κ2) is 15.9. The first-order chi connectivity index (χ1) is 10.2. The van der Waals surface area contributed by atoms with Crippen molar-refractivity contribution in [3.63, 3.8) is 0 Å². The molecule has 2 nitrogen and oxygen atoms in total. The van der Waals surface area contributed by atoms with Crippen molar-refractivity contribution in [3.8, 4) is 0 Å². The van der Waals surface area contributed by atoms with Gasteiger partial charge in [-0.25, -0.2) is 0 Å². The minimum Gasteiger partial charge on any atom is -0.481 e. The average molecular weight is 299 g/mol. The molecule has 0 spiro atoms. The fourth-order valence-corrected chi connectivity index (χ4v) is 2.89. The Labute approximate surface area is 132 Å². The molecule has 0 aromatic carbocycles. The zero-order valence-electron chi connectivity index (χ0n) is 14.5. The fraction of sp³-hybridized carbons (Fsp3) is 0.947. The van der Waals surface area contributed by atoms with Crippen molar-refractivity contribution in [3.05, 3.63) is 0 Å². The maximum Gasteiger partial charge on any atom is 0.303 e. The SMILES string of the molecule is CCCCCC(C)CCCCCCCCCCCC(=O)O. The molecule has 0 aromatic heterocycles. The van der Waals surface area contributed by atoms with Gasteiger partial charge in [0.1, 0.15) is 0 Å². The summed E-state index contributed by atoms with van der Waals surface area (Å²) in [5, 5.41) is 8.54. The second-order valence-corrected chi connectivity index (χ2v) is 6.72. The van der Waals surface area contributed by atoms with Gasteiger partial charge in [0.2, 0.25) is 0 Å². The summed E-state index contributed by atoms with van der Waals surface area (Å²) in [4.78, 5) is 10.4. The Hall–Kier alpha value is -0.530. The topological polar surface area (TPSA) is 37.3 Å². The van der Waals surface area contributed by atoms with E-state index in [9.17, 15) is 4.79 Å². The van der Waals surface area contributed by atoms with Crippen LogP contribution in [0.25, 0.3) is 0 Å². The summed E-state index contributed by atoms with van der Waals surface area (Å²) in [7, 11) is 0. The second-order valence-electron chi connectivity index (χ2n) is 6.72. The van der Waals surface area contributed by atoms with Crippen LogP contribution in [0.5, 0.6) is 0 Å². The van der Waals surface area contributed by atoms with Crippen molar-refractivity contribution < 1.29 is 9.90 Å². The zero-order chi connectivity index (χ0) is 15.8. The van der Waals surface area contributed by atoms with E-state index in [1.54, 1.807) is 0 Å². The highest BCUT2D eigenvalue weighted by Crippen LogP contribution is 2.18. The molecule has 0 rings (SSSR count). The Morgan fingerprint density at radius 2 is 1.19 bits per heavy atom. The maximum absolute atomic E-state index is 10.4. The minimum atomic E-state index is -0.654. The Morgan fingerprint density at radius 3 is 1.67 bits per heavy atom. The summed E-state index contributed by atoms with van der Waals surface area (Å²) >= 11 is 0. The highest BCUT2D eigenvalue weighted by atomic mass is 16.4. The van der Waals surface area contributed by atoms with Crippen LogP contribution in [-0.4, -0.2) is 11.1 Å². The van der Waals surface area contributed by atoms with Gasteiger partial charge in [-0.05, 0) is 12.3 Å². The Bertz CT molecular complexity index is 226. The molecule has 0 bridgehead atoms. The van der Waals surface area contributed by atoms with Crippen LogP contribution in [0.4, 0.5) is 0 Å². The lowest BCUT2D eigenvalue weighted by atomic mass is 9.96. The van der Waals surface area contributed by atoms with E-state index in [2.05, 4.69) is 13.8 Å². The molecule has 1 atom stereocenters. The minimum absolute atomic E-state index is 0.344. The van der Waals surface area contributed by atoms with E-state index in [4.69, 9.17) is 5.11 Å². The van der Waals surface area contributed by atoms with Gasteiger partial charge >= 0.3 is 5.97 Å². The van der Waals surface area contributed by atoms with Gasteiger partial charge in [0, 0.05) is 6.42 Å². The van der Waals surface area contributed by atoms with Crippen LogP contribution >= 0.6 is 0 Å². The van der Waals surface area contributed by atoms with Crippen LogP contribution in [0.2, 0.25) is 0 Å². The molecule has 0 aliphatic carbocycles. The van der Waals surface area contributed by atoms with E-state index < -0.39 is 5.97 Å². The summed E-state index contributed by atoms with van der Waals surface area (Å²) in [6.45, 7) is 4.68. The number of aliphatic carboxylic acids is 1. The van der Waals surface area contributed by atoms with E-state index in [-0.39, 0.29) is 0 Å². The van der Waals surface area contributed by atoms with Crippen molar-refractivity contribution in [1.82, 2.24) is 0 Å². The van der Waals surface area contributed by atoms with Gasteiger partial charge in [0.25, 0.3) is 0 Å². The van der Waals surface area contributed by atoms with Crippen molar-refractivity contribution in [1.29, 1.82) is 0 Å². The quantitative estimate of drug-likeness (QED) is 0.327. The molecule has 1 unspecified atom stereocenters. The molecule has 0 saturated carbocycles. The lowest BCUT2D eigenvalue weighted by Crippen LogP contribution is -1.95. The molecular weight excluding hydrogens is 260 g/mol. The Kier molecular flexibility index (Phi) is 15.5. The third-order valence-electron chi connectivity index (χ3n) is 4.39. The highest BCUT2D eigenvalue weighted by molar-refractivity contribution is 5.66. The van der Waals surface area contributed by atoms with Gasteiger partial charge in [0.05, 0.1) is 0 Å². The predicted molar refractivity (Wildman–Crippen MR) is 91.7 cm³/mol. The molecule has 21 heavy (non-hydrogen) atoms. The van der Waals surface area contributed by atoms with Gasteiger partial charge in [-0.2, -0.15) is 0 Å². The van der Waals surface area contributed by atoms with Gasteiger partial charge in [-0.15, -0.1) is 0 Å². The zero-order valence-corrected chi connectivity index (χ0v) is 14.5. The third-order valence-corrected chi connectivity index (χ3v) is 4.39. The van der Waals surface area contributed by atoms with E-state index in [1.807, 2.05) is 0 Å². The number of unbranched alkanes of at least 4 members (excludes halogenated alkanes) is 10. The van der Waals surface area contributed by atoms with E-state index >= 15 is 0 Å². The molecule has 0 amide bonds. The number of carbonyl (C=O) groups is 1. The number of carboxylic acid groups (broad SMARTS) is 1. The molecule has 2 heteroatoms. The number of carboxylic acids is 1. The summed E-state index contributed by atoms with van der Waals surface area (Å²) < 4.78 is 0. The molecule has 1 N–H and O–H groups in total. The van der Waals surface area contributed by atoms with Crippen LogP contribution in [0.15, 0.2) is 0 Å². The first kappa shape index (κ1) is 20.5. The highest BCUT2D eigenvalue weighted by Gasteiger charge is 2.01. The van der Waals surface area contributed by atoms with Crippen molar-refractivity contribution in [2.75, 3.05) is 0 Å². The monoisotopic (exact) mass is 298 g/mol. The third kappa shape index (κ3) is 17.4. The summed E-state index contributed by atoms with van der Waals surface area (Å²) in [5.41, 5.74) is 0. The van der Waals surface area contributed by atoms with Crippen LogP contribution in [-0.2, 0) is 4.79 Å². The van der Waals surface area contributed by atoms with Gasteiger partial charge in [-0.3, -0.25) is 4.79 Å². The number of hydrogen-bond donors (Lipinski definition) is 1. The molecule has 126 valence electrons. The largest absolute Gasteiger partial charge is 0.481 e. The van der Waals surface area contributed by atoms with Crippen LogP contribution in [0.1, 0.15) is 110 Å². The standard InChI is InChI=1S/C19H38O2/c1-3-4-12-15-18(2)16-13-10-8-6-5-7-9-11-14-17-19(20)21/h18H,3-17H2,1-2H3,(H,20,21).